The Morgan fingerprint density at radius 2 is 2.03 bits per heavy atom. The zero-order valence-electron chi connectivity index (χ0n) is 19.9. The first-order chi connectivity index (χ1) is 14.8. The number of hydrogen-bond acceptors (Lipinski definition) is 4. The molecule has 174 valence electrons. The van der Waals surface area contributed by atoms with Gasteiger partial charge in [-0.2, -0.15) is 0 Å². The maximum absolute atomic E-state index is 13.3. The smallest absolute Gasteiger partial charge is 0.156 e. The quantitative estimate of drug-likeness (QED) is 0.584. The van der Waals surface area contributed by atoms with Crippen LogP contribution >= 0.6 is 0 Å². The van der Waals surface area contributed by atoms with Crippen LogP contribution in [0.3, 0.4) is 0 Å². The van der Waals surface area contributed by atoms with Crippen molar-refractivity contribution >= 4 is 5.78 Å². The third kappa shape index (κ3) is 4.01. The van der Waals surface area contributed by atoms with Gasteiger partial charge in [0.15, 0.2) is 12.1 Å². The van der Waals surface area contributed by atoms with E-state index >= 15 is 0 Å². The molecule has 0 amide bonds. The molecule has 3 fully saturated rings. The lowest BCUT2D eigenvalue weighted by molar-refractivity contribution is -0.137. The van der Waals surface area contributed by atoms with Crippen molar-refractivity contribution in [1.29, 1.82) is 0 Å². The monoisotopic (exact) mass is 430 g/mol. The van der Waals surface area contributed by atoms with E-state index in [1.165, 1.54) is 32.1 Å². The molecule has 1 N–H and O–H groups in total. The first-order valence-corrected chi connectivity index (χ1v) is 12.5. The van der Waals surface area contributed by atoms with Crippen molar-refractivity contribution in [3.8, 4) is 0 Å². The number of aliphatic hydroxyl groups is 1. The maximum atomic E-state index is 13.3. The standard InChI is InChI=1S/C26H42N2O3/c1-5-18-6-7-19-20-8-9-22(23(29)16-28-15-14-27-17-28)26(20,3)12-10-21(19)25(18,2)13-11-24(30)31-4/h14-15,17-22,24,30H,5-13,16H2,1-4H3/t18-,19?,20?,21?,22-,24-,25+,26+/m1/s1. The lowest BCUT2D eigenvalue weighted by atomic mass is 9.46. The van der Waals surface area contributed by atoms with E-state index in [1.54, 1.807) is 19.6 Å². The van der Waals surface area contributed by atoms with Crippen molar-refractivity contribution in [2.24, 2.45) is 40.4 Å². The molecule has 0 bridgehead atoms. The van der Waals surface area contributed by atoms with Gasteiger partial charge in [0.25, 0.3) is 0 Å². The van der Waals surface area contributed by atoms with E-state index in [2.05, 4.69) is 25.8 Å². The molecule has 5 heteroatoms. The molecule has 0 radical (unpaired) electrons. The number of aliphatic hydroxyl groups excluding tert-OH is 1. The Morgan fingerprint density at radius 3 is 2.71 bits per heavy atom. The van der Waals surface area contributed by atoms with Gasteiger partial charge >= 0.3 is 0 Å². The van der Waals surface area contributed by atoms with Crippen LogP contribution < -0.4 is 0 Å². The van der Waals surface area contributed by atoms with Crippen molar-refractivity contribution in [3.05, 3.63) is 18.7 Å². The molecule has 3 aliphatic rings. The third-order valence-corrected chi connectivity index (χ3v) is 10.0. The maximum Gasteiger partial charge on any atom is 0.156 e. The predicted molar refractivity (Wildman–Crippen MR) is 121 cm³/mol. The molecule has 5 nitrogen and oxygen atoms in total. The summed E-state index contributed by atoms with van der Waals surface area (Å²) in [4.78, 5) is 17.4. The molecule has 31 heavy (non-hydrogen) atoms. The highest BCUT2D eigenvalue weighted by Gasteiger charge is 2.60. The number of aromatic nitrogens is 2. The third-order valence-electron chi connectivity index (χ3n) is 10.0. The van der Waals surface area contributed by atoms with Gasteiger partial charge in [0.05, 0.1) is 12.9 Å². The van der Waals surface area contributed by atoms with Crippen LogP contribution in [0.25, 0.3) is 0 Å². The van der Waals surface area contributed by atoms with Crippen molar-refractivity contribution in [2.75, 3.05) is 7.11 Å². The van der Waals surface area contributed by atoms with Crippen LogP contribution in [0.4, 0.5) is 0 Å². The SMILES string of the molecule is CC[C@@H]1CCC2C3CC[C@H](C(=O)Cn4ccnc4)[C@@]3(C)CCC2[C@@]1(C)CC[C@H](O)OC. The number of fused-ring (bicyclic) bond motifs is 3. The molecule has 0 aromatic carbocycles. The number of carbonyl (C=O) groups is 1. The van der Waals surface area contributed by atoms with Gasteiger partial charge in [-0.25, -0.2) is 4.98 Å². The summed E-state index contributed by atoms with van der Waals surface area (Å²) in [5.74, 6) is 3.39. The highest BCUT2D eigenvalue weighted by molar-refractivity contribution is 5.82. The van der Waals surface area contributed by atoms with Gasteiger partial charge in [0, 0.05) is 25.4 Å². The average molecular weight is 431 g/mol. The Kier molecular flexibility index (Phi) is 6.65. The van der Waals surface area contributed by atoms with E-state index in [4.69, 9.17) is 4.74 Å². The summed E-state index contributed by atoms with van der Waals surface area (Å²) < 4.78 is 7.10. The van der Waals surface area contributed by atoms with Crippen molar-refractivity contribution < 1.29 is 14.6 Å². The summed E-state index contributed by atoms with van der Waals surface area (Å²) in [7, 11) is 1.60. The minimum atomic E-state index is -0.653. The molecule has 0 saturated heterocycles. The second-order valence-electron chi connectivity index (χ2n) is 11.2. The van der Waals surface area contributed by atoms with Crippen LogP contribution in [0.1, 0.15) is 78.6 Å². The normalized spacial score (nSPS) is 40.9. The number of Topliss-reactive ketones (excluding diaryl/α,β-unsaturated/α-hetero) is 1. The summed E-state index contributed by atoms with van der Waals surface area (Å²) in [6, 6.07) is 0. The van der Waals surface area contributed by atoms with Gasteiger partial charge in [-0.05, 0) is 85.9 Å². The fourth-order valence-electron chi connectivity index (χ4n) is 8.35. The largest absolute Gasteiger partial charge is 0.368 e. The molecule has 4 rings (SSSR count). The zero-order chi connectivity index (χ0) is 22.2. The van der Waals surface area contributed by atoms with Crippen LogP contribution in [0.5, 0.6) is 0 Å². The highest BCUT2D eigenvalue weighted by Crippen LogP contribution is 2.66. The van der Waals surface area contributed by atoms with E-state index in [-0.39, 0.29) is 16.7 Å². The lowest BCUT2D eigenvalue weighted by Gasteiger charge is -2.59. The fraction of sp³-hybridized carbons (Fsp3) is 0.846. The van der Waals surface area contributed by atoms with Gasteiger partial charge in [-0.3, -0.25) is 4.79 Å². The van der Waals surface area contributed by atoms with Gasteiger partial charge in [0.1, 0.15) is 0 Å². The predicted octanol–water partition coefficient (Wildman–Crippen LogP) is 5.08. The molecule has 3 aliphatic carbocycles. The first-order valence-electron chi connectivity index (χ1n) is 12.5. The summed E-state index contributed by atoms with van der Waals surface area (Å²) in [6.07, 6.45) is 15.0. The Morgan fingerprint density at radius 1 is 1.23 bits per heavy atom. The second kappa shape index (κ2) is 8.97. The van der Waals surface area contributed by atoms with E-state index in [0.717, 1.165) is 37.5 Å². The number of hydrogen-bond donors (Lipinski definition) is 1. The van der Waals surface area contributed by atoms with Crippen molar-refractivity contribution in [2.45, 2.75) is 91.4 Å². The first kappa shape index (κ1) is 23.0. The lowest BCUT2D eigenvalue weighted by Crippen LogP contribution is -2.52. The summed E-state index contributed by atoms with van der Waals surface area (Å²) in [5.41, 5.74) is 0.405. The average Bonchev–Trinajstić information content (AvgIpc) is 3.39. The van der Waals surface area contributed by atoms with Crippen LogP contribution in [-0.4, -0.2) is 33.8 Å². The summed E-state index contributed by atoms with van der Waals surface area (Å²) in [6.45, 7) is 7.73. The summed E-state index contributed by atoms with van der Waals surface area (Å²) >= 11 is 0. The Balaban J connectivity index is 1.52. The van der Waals surface area contributed by atoms with Crippen LogP contribution in [0.2, 0.25) is 0 Å². The molecule has 0 spiro atoms. The van der Waals surface area contributed by atoms with Crippen molar-refractivity contribution in [1.82, 2.24) is 9.55 Å². The molecule has 1 aromatic heterocycles. The minimum Gasteiger partial charge on any atom is -0.368 e. The number of ether oxygens (including phenoxy) is 1. The molecule has 3 saturated carbocycles. The number of nitrogens with zero attached hydrogens (tertiary/aromatic N) is 2. The van der Waals surface area contributed by atoms with Crippen LogP contribution in [0.15, 0.2) is 18.7 Å². The van der Waals surface area contributed by atoms with E-state index in [9.17, 15) is 9.90 Å². The molecular formula is C26H42N2O3. The van der Waals surface area contributed by atoms with E-state index in [0.29, 0.717) is 24.2 Å². The second-order valence-corrected chi connectivity index (χ2v) is 11.2. The van der Waals surface area contributed by atoms with E-state index in [1.807, 2.05) is 10.8 Å². The topological polar surface area (TPSA) is 64.4 Å². The molecule has 1 aromatic rings. The highest BCUT2D eigenvalue weighted by atomic mass is 16.6. The van der Waals surface area contributed by atoms with Gasteiger partial charge < -0.3 is 14.4 Å². The summed E-state index contributed by atoms with van der Waals surface area (Å²) in [5, 5.41) is 10.1. The molecule has 8 atom stereocenters. The van der Waals surface area contributed by atoms with Gasteiger partial charge in [-0.15, -0.1) is 0 Å². The van der Waals surface area contributed by atoms with E-state index < -0.39 is 6.29 Å². The number of imidazole rings is 1. The Bertz CT molecular complexity index is 750. The zero-order valence-corrected chi connectivity index (χ0v) is 19.9. The number of rotatable bonds is 8. The van der Waals surface area contributed by atoms with Crippen LogP contribution in [0, 0.1) is 40.4 Å². The molecule has 3 unspecified atom stereocenters. The molecule has 1 heterocycles. The van der Waals surface area contributed by atoms with Crippen molar-refractivity contribution in [3.63, 3.8) is 0 Å². The number of ketones is 1. The fourth-order valence-corrected chi connectivity index (χ4v) is 8.35. The Hall–Kier alpha value is -1.20. The Labute approximate surface area is 188 Å². The molecular weight excluding hydrogens is 388 g/mol. The van der Waals surface area contributed by atoms with Gasteiger partial charge in [0.2, 0.25) is 0 Å². The van der Waals surface area contributed by atoms with Gasteiger partial charge in [-0.1, -0.05) is 27.2 Å². The minimum absolute atomic E-state index is 0.144. The molecule has 0 aliphatic heterocycles. The van der Waals surface area contributed by atoms with Crippen LogP contribution in [-0.2, 0) is 16.1 Å². The number of methoxy groups -OCH3 is 1. The number of carbonyl (C=O) groups excluding carboxylic acids is 1.